The average Bonchev–Trinajstić information content (AvgIpc) is 2.66. The van der Waals surface area contributed by atoms with Gasteiger partial charge in [-0.15, -0.1) is 4.73 Å². The van der Waals surface area contributed by atoms with Gasteiger partial charge in [-0.05, 0) is 31.8 Å². The summed E-state index contributed by atoms with van der Waals surface area (Å²) >= 11 is 0. The lowest BCUT2D eigenvalue weighted by molar-refractivity contribution is -0.145. The van der Waals surface area contributed by atoms with Gasteiger partial charge in [-0.1, -0.05) is 20.3 Å². The second-order valence-electron chi connectivity index (χ2n) is 5.71. The predicted molar refractivity (Wildman–Crippen MR) is 75.5 cm³/mol. The molecule has 0 aliphatic rings. The largest absolute Gasteiger partial charge is 0.492 e. The van der Waals surface area contributed by atoms with Gasteiger partial charge in [0.15, 0.2) is 0 Å². The molecular formula is C14H24N2O4. The van der Waals surface area contributed by atoms with Crippen molar-refractivity contribution in [3.05, 3.63) is 12.1 Å². The summed E-state index contributed by atoms with van der Waals surface area (Å²) in [6.07, 6.45) is 2.91. The van der Waals surface area contributed by atoms with E-state index in [0.29, 0.717) is 4.73 Å². The van der Waals surface area contributed by atoms with Crippen molar-refractivity contribution in [2.45, 2.75) is 39.5 Å². The molecule has 0 radical (unpaired) electrons. The Balaban J connectivity index is 2.28. The molecule has 0 bridgehead atoms. The molecule has 0 aliphatic carbocycles. The summed E-state index contributed by atoms with van der Waals surface area (Å²) in [6, 6.07) is 2.51. The summed E-state index contributed by atoms with van der Waals surface area (Å²) in [5.41, 5.74) is 0.204. The van der Waals surface area contributed by atoms with Crippen LogP contribution in [0.15, 0.2) is 12.1 Å². The SMILES string of the molecule is CNCC(C)(C)CCCCC(=O)On1c(O)ccc1O. The van der Waals surface area contributed by atoms with Crippen LogP contribution in [0.5, 0.6) is 11.8 Å². The molecule has 0 atom stereocenters. The Kier molecular flexibility index (Phi) is 5.88. The average molecular weight is 284 g/mol. The Bertz CT molecular complexity index is 421. The Morgan fingerprint density at radius 2 is 1.90 bits per heavy atom. The molecule has 0 fully saturated rings. The molecule has 0 amide bonds. The minimum atomic E-state index is -0.474. The Hall–Kier alpha value is -1.69. The topological polar surface area (TPSA) is 83.7 Å². The monoisotopic (exact) mass is 284 g/mol. The van der Waals surface area contributed by atoms with Crippen molar-refractivity contribution >= 4 is 5.97 Å². The molecule has 1 rings (SSSR count). The molecule has 20 heavy (non-hydrogen) atoms. The Morgan fingerprint density at radius 1 is 1.30 bits per heavy atom. The number of carbonyl (C=O) groups excluding carboxylic acids is 1. The maximum absolute atomic E-state index is 11.6. The third kappa shape index (κ3) is 5.13. The molecule has 6 heteroatoms. The summed E-state index contributed by atoms with van der Waals surface area (Å²) in [4.78, 5) is 16.4. The highest BCUT2D eigenvalue weighted by molar-refractivity contribution is 5.69. The van der Waals surface area contributed by atoms with Crippen molar-refractivity contribution in [1.82, 2.24) is 10.0 Å². The van der Waals surface area contributed by atoms with Crippen LogP contribution in [0.25, 0.3) is 0 Å². The third-order valence-corrected chi connectivity index (χ3v) is 3.13. The fourth-order valence-corrected chi connectivity index (χ4v) is 2.08. The lowest BCUT2D eigenvalue weighted by atomic mass is 9.87. The van der Waals surface area contributed by atoms with Crippen LogP contribution in [-0.4, -0.2) is 34.5 Å². The van der Waals surface area contributed by atoms with Gasteiger partial charge in [0.2, 0.25) is 11.8 Å². The fourth-order valence-electron chi connectivity index (χ4n) is 2.08. The van der Waals surface area contributed by atoms with Gasteiger partial charge < -0.3 is 20.4 Å². The van der Waals surface area contributed by atoms with Gasteiger partial charge in [0.1, 0.15) is 0 Å². The van der Waals surface area contributed by atoms with E-state index in [4.69, 9.17) is 4.84 Å². The van der Waals surface area contributed by atoms with E-state index in [-0.39, 0.29) is 23.6 Å². The third-order valence-electron chi connectivity index (χ3n) is 3.13. The molecule has 0 spiro atoms. The second-order valence-corrected chi connectivity index (χ2v) is 5.71. The van der Waals surface area contributed by atoms with Gasteiger partial charge in [0.25, 0.3) is 0 Å². The molecule has 1 heterocycles. The van der Waals surface area contributed by atoms with Gasteiger partial charge in [-0.2, -0.15) is 0 Å². The van der Waals surface area contributed by atoms with Gasteiger partial charge in [-0.25, -0.2) is 4.79 Å². The summed E-state index contributed by atoms with van der Waals surface area (Å²) in [6.45, 7) is 5.29. The van der Waals surface area contributed by atoms with Crippen LogP contribution in [0.2, 0.25) is 0 Å². The number of hydrogen-bond acceptors (Lipinski definition) is 5. The van der Waals surface area contributed by atoms with Gasteiger partial charge in [-0.3, -0.25) is 0 Å². The number of nitrogens with one attached hydrogen (secondary N) is 1. The van der Waals surface area contributed by atoms with Crippen LogP contribution in [0.4, 0.5) is 0 Å². The summed E-state index contributed by atoms with van der Waals surface area (Å²) < 4.78 is 0.716. The van der Waals surface area contributed by atoms with Crippen molar-refractivity contribution in [3.63, 3.8) is 0 Å². The quantitative estimate of drug-likeness (QED) is 0.632. The van der Waals surface area contributed by atoms with E-state index in [2.05, 4.69) is 19.2 Å². The van der Waals surface area contributed by atoms with Crippen molar-refractivity contribution in [2.75, 3.05) is 13.6 Å². The van der Waals surface area contributed by atoms with Gasteiger partial charge in [0.05, 0.1) is 0 Å². The van der Waals surface area contributed by atoms with Crippen molar-refractivity contribution in [3.8, 4) is 11.8 Å². The summed E-state index contributed by atoms with van der Waals surface area (Å²) in [5, 5.41) is 21.8. The molecule has 0 aromatic carbocycles. The number of hydrogen-bond donors (Lipinski definition) is 3. The lowest BCUT2D eigenvalue weighted by Crippen LogP contribution is -2.26. The number of aromatic hydroxyl groups is 2. The van der Waals surface area contributed by atoms with Crippen LogP contribution in [0.3, 0.4) is 0 Å². The first-order valence-corrected chi connectivity index (χ1v) is 6.81. The molecule has 3 N–H and O–H groups in total. The minimum absolute atomic E-state index is 0.204. The van der Waals surface area contributed by atoms with E-state index in [0.717, 1.165) is 25.8 Å². The highest BCUT2D eigenvalue weighted by Gasteiger charge is 2.17. The van der Waals surface area contributed by atoms with Crippen LogP contribution in [0.1, 0.15) is 39.5 Å². The number of carbonyl (C=O) groups is 1. The highest BCUT2D eigenvalue weighted by Crippen LogP contribution is 2.23. The summed E-state index contributed by atoms with van der Waals surface area (Å²) in [7, 11) is 1.93. The zero-order valence-corrected chi connectivity index (χ0v) is 12.3. The number of unbranched alkanes of at least 4 members (excludes halogenated alkanes) is 1. The molecule has 0 aliphatic heterocycles. The van der Waals surface area contributed by atoms with E-state index in [1.54, 1.807) is 0 Å². The van der Waals surface area contributed by atoms with Crippen molar-refractivity contribution in [2.24, 2.45) is 5.41 Å². The first-order valence-electron chi connectivity index (χ1n) is 6.81. The smallest absolute Gasteiger partial charge is 0.333 e. The molecule has 0 unspecified atom stereocenters. The molecule has 1 aromatic rings. The van der Waals surface area contributed by atoms with E-state index in [1.165, 1.54) is 12.1 Å². The molecule has 6 nitrogen and oxygen atoms in total. The number of nitrogens with zero attached hydrogens (tertiary/aromatic N) is 1. The second kappa shape index (κ2) is 7.19. The first kappa shape index (κ1) is 16.4. The highest BCUT2D eigenvalue weighted by atomic mass is 16.7. The Morgan fingerprint density at radius 3 is 2.45 bits per heavy atom. The molecule has 0 saturated heterocycles. The van der Waals surface area contributed by atoms with E-state index >= 15 is 0 Å². The predicted octanol–water partition coefficient (Wildman–Crippen LogP) is 1.66. The Labute approximate surface area is 119 Å². The molecule has 1 aromatic heterocycles. The van der Waals surface area contributed by atoms with E-state index < -0.39 is 5.97 Å². The molecule has 114 valence electrons. The normalized spacial score (nSPS) is 11.6. The molecule has 0 saturated carbocycles. The van der Waals surface area contributed by atoms with Gasteiger partial charge >= 0.3 is 5.97 Å². The zero-order chi connectivity index (χ0) is 15.2. The minimum Gasteiger partial charge on any atom is -0.492 e. The van der Waals surface area contributed by atoms with Crippen molar-refractivity contribution < 1.29 is 19.8 Å². The van der Waals surface area contributed by atoms with Crippen molar-refractivity contribution in [1.29, 1.82) is 0 Å². The first-order chi connectivity index (χ1) is 9.35. The maximum atomic E-state index is 11.6. The number of rotatable bonds is 8. The number of aromatic nitrogens is 1. The van der Waals surface area contributed by atoms with Gasteiger partial charge in [0, 0.05) is 18.6 Å². The maximum Gasteiger partial charge on any atom is 0.333 e. The van der Waals surface area contributed by atoms with E-state index in [9.17, 15) is 15.0 Å². The summed E-state index contributed by atoms with van der Waals surface area (Å²) in [5.74, 6) is -1.07. The van der Waals surface area contributed by atoms with E-state index in [1.807, 2.05) is 7.05 Å². The van der Waals surface area contributed by atoms with Crippen LogP contribution in [-0.2, 0) is 4.79 Å². The molecular weight excluding hydrogens is 260 g/mol. The zero-order valence-electron chi connectivity index (χ0n) is 12.3. The standard InChI is InChI=1S/C14H24N2O4/c1-14(2,10-15-3)9-5-4-6-13(19)20-16-11(17)7-8-12(16)18/h7-8,15,17-18H,4-6,9-10H2,1-3H3. The van der Waals surface area contributed by atoms with Crippen LogP contribution >= 0.6 is 0 Å². The lowest BCUT2D eigenvalue weighted by Gasteiger charge is -2.23. The van der Waals surface area contributed by atoms with Crippen LogP contribution < -0.4 is 10.2 Å². The fraction of sp³-hybridized carbons (Fsp3) is 0.643. The van der Waals surface area contributed by atoms with Crippen LogP contribution in [0, 0.1) is 5.41 Å².